The zero-order valence-corrected chi connectivity index (χ0v) is 10.1. The highest BCUT2D eigenvalue weighted by atomic mass is 35.5. The molecule has 0 amide bonds. The first-order valence-electron chi connectivity index (χ1n) is 5.07. The first-order valence-corrected chi connectivity index (χ1v) is 5.45. The Balaban J connectivity index is 2.56. The predicted octanol–water partition coefficient (Wildman–Crippen LogP) is 3.31. The molecule has 0 saturated heterocycles. The lowest BCUT2D eigenvalue weighted by Crippen LogP contribution is -2.24. The van der Waals surface area contributed by atoms with E-state index in [0.29, 0.717) is 17.3 Å². The lowest BCUT2D eigenvalue weighted by molar-refractivity contribution is -0.137. The van der Waals surface area contributed by atoms with Gasteiger partial charge in [0.05, 0.1) is 6.42 Å². The molecule has 0 atom stereocenters. The Labute approximate surface area is 103 Å². The van der Waals surface area contributed by atoms with Crippen molar-refractivity contribution in [3.05, 3.63) is 28.8 Å². The van der Waals surface area contributed by atoms with Crippen LogP contribution in [0.2, 0.25) is 5.02 Å². The molecule has 1 rings (SSSR count). The molecule has 96 valence electrons. The standard InChI is InChI=1S/C11H14ClF3N2/c1-17(5-4-11(13,14)15)7-8-6-9(16)2-3-10(8)12/h2-3,6H,4-5,7,16H2,1H3. The number of nitrogens with two attached hydrogens (primary N) is 1. The van der Waals surface area contributed by atoms with Gasteiger partial charge in [0.25, 0.3) is 0 Å². The third-order valence-electron chi connectivity index (χ3n) is 2.29. The minimum atomic E-state index is -4.13. The fourth-order valence-corrected chi connectivity index (χ4v) is 1.58. The first kappa shape index (κ1) is 14.1. The highest BCUT2D eigenvalue weighted by Crippen LogP contribution is 2.22. The number of nitrogens with zero attached hydrogens (tertiary/aromatic N) is 1. The molecule has 0 aliphatic rings. The van der Waals surface area contributed by atoms with Gasteiger partial charge in [-0.15, -0.1) is 0 Å². The van der Waals surface area contributed by atoms with Gasteiger partial charge in [-0.2, -0.15) is 13.2 Å². The van der Waals surface area contributed by atoms with Crippen molar-refractivity contribution in [2.75, 3.05) is 19.3 Å². The summed E-state index contributed by atoms with van der Waals surface area (Å²) < 4.78 is 36.1. The Morgan fingerprint density at radius 1 is 1.35 bits per heavy atom. The Morgan fingerprint density at radius 3 is 2.59 bits per heavy atom. The number of anilines is 1. The number of nitrogen functional groups attached to an aromatic ring is 1. The number of alkyl halides is 3. The molecular formula is C11H14ClF3N2. The second-order valence-electron chi connectivity index (χ2n) is 3.95. The summed E-state index contributed by atoms with van der Waals surface area (Å²) in [4.78, 5) is 1.56. The van der Waals surface area contributed by atoms with Gasteiger partial charge < -0.3 is 10.6 Å². The molecule has 0 aliphatic carbocycles. The van der Waals surface area contributed by atoms with Gasteiger partial charge in [0.2, 0.25) is 0 Å². The summed E-state index contributed by atoms with van der Waals surface area (Å²) in [7, 11) is 1.62. The van der Waals surface area contributed by atoms with Crippen LogP contribution >= 0.6 is 11.6 Å². The van der Waals surface area contributed by atoms with Gasteiger partial charge in [0.15, 0.2) is 0 Å². The average molecular weight is 267 g/mol. The van der Waals surface area contributed by atoms with Gasteiger partial charge in [0.1, 0.15) is 0 Å². The zero-order chi connectivity index (χ0) is 13.1. The molecule has 0 spiro atoms. The molecule has 2 nitrogen and oxygen atoms in total. The van der Waals surface area contributed by atoms with Crippen molar-refractivity contribution in [3.63, 3.8) is 0 Å². The molecule has 0 heterocycles. The maximum absolute atomic E-state index is 12.0. The first-order chi connectivity index (χ1) is 7.78. The van der Waals surface area contributed by atoms with E-state index >= 15 is 0 Å². The molecule has 0 aromatic heterocycles. The molecule has 0 radical (unpaired) electrons. The summed E-state index contributed by atoms with van der Waals surface area (Å²) >= 11 is 5.93. The third kappa shape index (κ3) is 5.28. The summed E-state index contributed by atoms with van der Waals surface area (Å²) in [6, 6.07) is 4.97. The SMILES string of the molecule is CN(CCC(F)(F)F)Cc1cc(N)ccc1Cl. The molecule has 1 aromatic carbocycles. The number of hydrogen-bond donors (Lipinski definition) is 1. The quantitative estimate of drug-likeness (QED) is 0.847. The number of benzene rings is 1. The van der Waals surface area contributed by atoms with E-state index in [-0.39, 0.29) is 6.54 Å². The van der Waals surface area contributed by atoms with Crippen LogP contribution in [0, 0.1) is 0 Å². The van der Waals surface area contributed by atoms with Crippen molar-refractivity contribution in [1.82, 2.24) is 4.90 Å². The van der Waals surface area contributed by atoms with E-state index in [2.05, 4.69) is 0 Å². The van der Waals surface area contributed by atoms with Crippen LogP contribution in [-0.2, 0) is 6.54 Å². The van der Waals surface area contributed by atoms with Crippen LogP contribution < -0.4 is 5.73 Å². The van der Waals surface area contributed by atoms with E-state index in [1.54, 1.807) is 30.1 Å². The summed E-state index contributed by atoms with van der Waals surface area (Å²) in [5.41, 5.74) is 6.87. The summed E-state index contributed by atoms with van der Waals surface area (Å²) in [5.74, 6) is 0. The topological polar surface area (TPSA) is 29.3 Å². The lowest BCUT2D eigenvalue weighted by Gasteiger charge is -2.18. The third-order valence-corrected chi connectivity index (χ3v) is 2.66. The molecule has 0 fully saturated rings. The minimum Gasteiger partial charge on any atom is -0.399 e. The van der Waals surface area contributed by atoms with Gasteiger partial charge in [-0.1, -0.05) is 11.6 Å². The van der Waals surface area contributed by atoms with Crippen molar-refractivity contribution in [3.8, 4) is 0 Å². The number of rotatable bonds is 4. The Bertz CT molecular complexity index is 379. The Morgan fingerprint density at radius 2 is 2.00 bits per heavy atom. The van der Waals surface area contributed by atoms with Crippen LogP contribution in [0.3, 0.4) is 0 Å². The second-order valence-corrected chi connectivity index (χ2v) is 4.36. The fourth-order valence-electron chi connectivity index (χ4n) is 1.40. The Hall–Kier alpha value is -0.940. The van der Waals surface area contributed by atoms with Crippen molar-refractivity contribution in [2.45, 2.75) is 19.1 Å². The molecule has 1 aromatic rings. The Kier molecular flexibility index (Phi) is 4.65. The largest absolute Gasteiger partial charge is 0.399 e. The van der Waals surface area contributed by atoms with Gasteiger partial charge in [-0.25, -0.2) is 0 Å². The summed E-state index contributed by atoms with van der Waals surface area (Å²) in [5, 5.41) is 0.512. The van der Waals surface area contributed by atoms with Gasteiger partial charge in [-0.3, -0.25) is 0 Å². The van der Waals surface area contributed by atoms with E-state index < -0.39 is 12.6 Å². The number of hydrogen-bond acceptors (Lipinski definition) is 2. The van der Waals surface area contributed by atoms with E-state index in [4.69, 9.17) is 17.3 Å². The van der Waals surface area contributed by atoms with Crippen LogP contribution in [0.5, 0.6) is 0 Å². The van der Waals surface area contributed by atoms with Crippen molar-refractivity contribution in [1.29, 1.82) is 0 Å². The van der Waals surface area contributed by atoms with E-state index in [0.717, 1.165) is 5.56 Å². The molecule has 0 bridgehead atoms. The molecule has 0 saturated carbocycles. The lowest BCUT2D eigenvalue weighted by atomic mass is 10.2. The van der Waals surface area contributed by atoms with Crippen LogP contribution in [0.25, 0.3) is 0 Å². The minimum absolute atomic E-state index is 0.0609. The molecule has 0 aliphatic heterocycles. The molecule has 0 unspecified atom stereocenters. The highest BCUT2D eigenvalue weighted by molar-refractivity contribution is 6.31. The zero-order valence-electron chi connectivity index (χ0n) is 9.39. The van der Waals surface area contributed by atoms with E-state index in [1.807, 2.05) is 0 Å². The van der Waals surface area contributed by atoms with Crippen molar-refractivity contribution in [2.24, 2.45) is 0 Å². The average Bonchev–Trinajstić information content (AvgIpc) is 2.20. The fraction of sp³-hybridized carbons (Fsp3) is 0.455. The van der Waals surface area contributed by atoms with E-state index in [1.165, 1.54) is 0 Å². The second kappa shape index (κ2) is 5.60. The maximum Gasteiger partial charge on any atom is 0.390 e. The van der Waals surface area contributed by atoms with Crippen molar-refractivity contribution >= 4 is 17.3 Å². The van der Waals surface area contributed by atoms with Gasteiger partial charge >= 0.3 is 6.18 Å². The van der Waals surface area contributed by atoms with Gasteiger partial charge in [0, 0.05) is 23.8 Å². The number of halogens is 4. The van der Waals surface area contributed by atoms with Crippen molar-refractivity contribution < 1.29 is 13.2 Å². The van der Waals surface area contributed by atoms with Gasteiger partial charge in [-0.05, 0) is 30.8 Å². The summed E-state index contributed by atoms with van der Waals surface area (Å²) in [6.07, 6.45) is -4.96. The normalized spacial score (nSPS) is 12.1. The van der Waals surface area contributed by atoms with Crippen LogP contribution in [0.4, 0.5) is 18.9 Å². The van der Waals surface area contributed by atoms with Crippen LogP contribution in [0.1, 0.15) is 12.0 Å². The molecule has 2 N–H and O–H groups in total. The summed E-state index contributed by atoms with van der Waals surface area (Å²) in [6.45, 7) is 0.286. The molecule has 17 heavy (non-hydrogen) atoms. The van der Waals surface area contributed by atoms with E-state index in [9.17, 15) is 13.2 Å². The highest BCUT2D eigenvalue weighted by Gasteiger charge is 2.27. The van der Waals surface area contributed by atoms with Crippen LogP contribution in [0.15, 0.2) is 18.2 Å². The predicted molar refractivity (Wildman–Crippen MR) is 62.9 cm³/mol. The molecular weight excluding hydrogens is 253 g/mol. The smallest absolute Gasteiger partial charge is 0.390 e. The maximum atomic E-state index is 12.0. The van der Waals surface area contributed by atoms with Crippen LogP contribution in [-0.4, -0.2) is 24.7 Å². The molecule has 6 heteroatoms. The monoisotopic (exact) mass is 266 g/mol.